The first-order valence-corrected chi connectivity index (χ1v) is 8.48. The van der Waals surface area contributed by atoms with Crippen LogP contribution in [-0.2, 0) is 9.59 Å². The molecule has 2 N–H and O–H groups in total. The van der Waals surface area contributed by atoms with Crippen LogP contribution in [0.15, 0.2) is 24.3 Å². The van der Waals surface area contributed by atoms with E-state index < -0.39 is 11.9 Å². The largest absolute Gasteiger partial charge is 0.478 e. The second kappa shape index (κ2) is 11.0. The molecule has 4 heteroatoms. The van der Waals surface area contributed by atoms with E-state index in [0.717, 1.165) is 5.41 Å². The maximum absolute atomic E-state index is 9.60. The van der Waals surface area contributed by atoms with E-state index in [1.807, 2.05) is 0 Å². The molecule has 2 aliphatic rings. The van der Waals surface area contributed by atoms with Crippen molar-refractivity contribution in [2.24, 2.45) is 5.41 Å². The minimum absolute atomic E-state index is 0.176. The normalized spacial score (nSPS) is 18.5. The second-order valence-corrected chi connectivity index (χ2v) is 6.79. The quantitative estimate of drug-likeness (QED) is 0.685. The predicted molar refractivity (Wildman–Crippen MR) is 93.5 cm³/mol. The smallest absolute Gasteiger partial charge is 0.330 e. The first-order chi connectivity index (χ1) is 10.7. The Morgan fingerprint density at radius 2 is 0.913 bits per heavy atom. The topological polar surface area (TPSA) is 74.6 Å². The van der Waals surface area contributed by atoms with Crippen LogP contribution >= 0.6 is 0 Å². The summed E-state index contributed by atoms with van der Waals surface area (Å²) in [7, 11) is 0. The van der Waals surface area contributed by atoms with E-state index in [0.29, 0.717) is 0 Å². The maximum atomic E-state index is 9.60. The molecule has 0 aliphatic heterocycles. The maximum Gasteiger partial charge on any atom is 0.330 e. The van der Waals surface area contributed by atoms with Crippen LogP contribution in [0.1, 0.15) is 78.1 Å². The highest BCUT2D eigenvalue weighted by Crippen LogP contribution is 2.47. The predicted octanol–water partition coefficient (Wildman–Crippen LogP) is 5.20. The highest BCUT2D eigenvalue weighted by Gasteiger charge is 2.32. The number of carbonyl (C=O) groups is 2. The zero-order chi connectivity index (χ0) is 17.9. The molecular weight excluding hydrogens is 292 g/mol. The van der Waals surface area contributed by atoms with E-state index in [2.05, 4.69) is 13.2 Å². The third-order valence-electron chi connectivity index (χ3n) is 4.56. The van der Waals surface area contributed by atoms with E-state index in [9.17, 15) is 9.59 Å². The molecule has 0 unspecified atom stereocenters. The Balaban J connectivity index is 0.000000349. The van der Waals surface area contributed by atoms with Crippen LogP contribution in [-0.4, -0.2) is 22.2 Å². The summed E-state index contributed by atoms with van der Waals surface area (Å²) in [5.74, 6) is -1.87. The number of hydrogen-bond acceptors (Lipinski definition) is 2. The molecule has 0 aromatic carbocycles. The van der Waals surface area contributed by atoms with E-state index in [1.165, 1.54) is 52.4 Å². The zero-order valence-electron chi connectivity index (χ0n) is 14.7. The molecule has 1 spiro atoms. The lowest BCUT2D eigenvalue weighted by Gasteiger charge is -2.40. The van der Waals surface area contributed by atoms with Gasteiger partial charge in [0.05, 0.1) is 0 Å². The molecule has 0 radical (unpaired) electrons. The lowest BCUT2D eigenvalue weighted by Crippen LogP contribution is -2.26. The first kappa shape index (κ1) is 21.4. The van der Waals surface area contributed by atoms with Gasteiger partial charge in [-0.1, -0.05) is 51.7 Å². The van der Waals surface area contributed by atoms with Crippen LogP contribution in [0.2, 0.25) is 0 Å². The van der Waals surface area contributed by atoms with Crippen molar-refractivity contribution in [1.29, 1.82) is 0 Å². The summed E-state index contributed by atoms with van der Waals surface area (Å²) in [5, 5.41) is 15.8. The van der Waals surface area contributed by atoms with Crippen LogP contribution < -0.4 is 0 Å². The third-order valence-corrected chi connectivity index (χ3v) is 4.56. The average molecular weight is 324 g/mol. The van der Waals surface area contributed by atoms with Gasteiger partial charge in [-0.25, -0.2) is 9.59 Å². The fourth-order valence-corrected chi connectivity index (χ4v) is 3.10. The van der Waals surface area contributed by atoms with Crippen molar-refractivity contribution in [1.82, 2.24) is 0 Å². The summed E-state index contributed by atoms with van der Waals surface area (Å²) in [6.45, 7) is 9.20. The molecule has 0 aromatic heterocycles. The second-order valence-electron chi connectivity index (χ2n) is 6.79. The summed E-state index contributed by atoms with van der Waals surface area (Å²) in [4.78, 5) is 19.2. The fourth-order valence-electron chi connectivity index (χ4n) is 3.10. The fraction of sp³-hybridized carbons (Fsp3) is 0.684. The van der Waals surface area contributed by atoms with Crippen LogP contribution in [0.5, 0.6) is 0 Å². The van der Waals surface area contributed by atoms with Gasteiger partial charge in [-0.3, -0.25) is 0 Å². The van der Waals surface area contributed by atoms with Crippen LogP contribution in [0.25, 0.3) is 0 Å². The molecular formula is C19H32O4. The molecule has 0 aromatic rings. The number of carboxylic acids is 2. The minimum atomic E-state index is -0.935. The van der Waals surface area contributed by atoms with Gasteiger partial charge in [0.1, 0.15) is 0 Å². The Morgan fingerprint density at radius 1 is 0.696 bits per heavy atom. The number of carboxylic acid groups (broad SMARTS) is 2. The van der Waals surface area contributed by atoms with Crippen LogP contribution in [0.3, 0.4) is 0 Å². The number of aliphatic carboxylic acids is 2. The number of hydrogen-bond donors (Lipinski definition) is 2. The van der Waals surface area contributed by atoms with Crippen molar-refractivity contribution in [3.8, 4) is 0 Å². The van der Waals surface area contributed by atoms with Crippen LogP contribution in [0.4, 0.5) is 0 Å². The summed E-state index contributed by atoms with van der Waals surface area (Å²) >= 11 is 0. The molecule has 2 rings (SSSR count). The van der Waals surface area contributed by atoms with Crippen LogP contribution in [0, 0.1) is 5.41 Å². The van der Waals surface area contributed by atoms with Gasteiger partial charge >= 0.3 is 11.9 Å². The van der Waals surface area contributed by atoms with Gasteiger partial charge in [-0.15, -0.1) is 0 Å². The molecule has 0 saturated heterocycles. The molecule has 132 valence electrons. The number of rotatable bonds is 2. The Labute approximate surface area is 140 Å². The van der Waals surface area contributed by atoms with Crippen molar-refractivity contribution < 1.29 is 19.8 Å². The Hall–Kier alpha value is -1.58. The molecule has 2 fully saturated rings. The van der Waals surface area contributed by atoms with Gasteiger partial charge in [-0.2, -0.15) is 0 Å². The van der Waals surface area contributed by atoms with E-state index in [4.69, 9.17) is 10.2 Å². The van der Waals surface area contributed by atoms with Crippen molar-refractivity contribution >= 4 is 11.9 Å². The SMILES string of the molecule is C1CCC2(CC1)CCCCC2.C=C(C)C(=O)O.C=C(C)C(=O)O. The van der Waals surface area contributed by atoms with Gasteiger partial charge < -0.3 is 10.2 Å². The van der Waals surface area contributed by atoms with Crippen molar-refractivity contribution in [2.45, 2.75) is 78.1 Å². The highest BCUT2D eigenvalue weighted by atomic mass is 16.4. The highest BCUT2D eigenvalue weighted by molar-refractivity contribution is 5.85. The van der Waals surface area contributed by atoms with Crippen molar-refractivity contribution in [3.05, 3.63) is 24.3 Å². The standard InChI is InChI=1S/C11H20.2C4H6O2/c1-3-7-11(8-4-1)9-5-2-6-10-11;2*1-3(2)4(5)6/h1-10H2;2*1H2,2H3,(H,5,6). The summed E-state index contributed by atoms with van der Waals surface area (Å²) < 4.78 is 0. The molecule has 0 bridgehead atoms. The Morgan fingerprint density at radius 3 is 1.09 bits per heavy atom. The molecule has 2 aliphatic carbocycles. The Kier molecular flexibility index (Phi) is 10.3. The van der Waals surface area contributed by atoms with Crippen molar-refractivity contribution in [2.75, 3.05) is 0 Å². The molecule has 23 heavy (non-hydrogen) atoms. The third kappa shape index (κ3) is 9.93. The van der Waals surface area contributed by atoms with E-state index in [1.54, 1.807) is 25.7 Å². The molecule has 4 nitrogen and oxygen atoms in total. The zero-order valence-corrected chi connectivity index (χ0v) is 14.7. The minimum Gasteiger partial charge on any atom is -0.478 e. The monoisotopic (exact) mass is 324 g/mol. The van der Waals surface area contributed by atoms with Gasteiger partial charge in [0, 0.05) is 11.1 Å². The summed E-state index contributed by atoms with van der Waals surface area (Å²) in [6.07, 6.45) is 15.4. The molecule has 0 atom stereocenters. The Bertz CT molecular complexity index is 344. The van der Waals surface area contributed by atoms with Gasteiger partial charge in [0.15, 0.2) is 0 Å². The van der Waals surface area contributed by atoms with Crippen molar-refractivity contribution in [3.63, 3.8) is 0 Å². The summed E-state index contributed by atoms with van der Waals surface area (Å²) in [5.41, 5.74) is 1.21. The first-order valence-electron chi connectivity index (χ1n) is 8.48. The lowest BCUT2D eigenvalue weighted by atomic mass is 9.65. The molecule has 0 heterocycles. The van der Waals surface area contributed by atoms with E-state index in [-0.39, 0.29) is 11.1 Å². The van der Waals surface area contributed by atoms with Gasteiger partial charge in [-0.05, 0) is 44.9 Å². The molecule has 2 saturated carbocycles. The summed E-state index contributed by atoms with van der Waals surface area (Å²) in [6, 6.07) is 0. The lowest BCUT2D eigenvalue weighted by molar-refractivity contribution is -0.133. The molecule has 0 amide bonds. The van der Waals surface area contributed by atoms with E-state index >= 15 is 0 Å². The van der Waals surface area contributed by atoms with Gasteiger partial charge in [0.25, 0.3) is 0 Å². The average Bonchev–Trinajstić information content (AvgIpc) is 2.50. The van der Waals surface area contributed by atoms with Gasteiger partial charge in [0.2, 0.25) is 0 Å².